The lowest BCUT2D eigenvalue weighted by atomic mass is 10.1. The third-order valence-corrected chi connectivity index (χ3v) is 4.85. The molecule has 3 rings (SSSR count). The first-order valence-corrected chi connectivity index (χ1v) is 9.60. The number of anilines is 1. The molecule has 8 nitrogen and oxygen atoms in total. The van der Waals surface area contributed by atoms with Gasteiger partial charge in [-0.2, -0.15) is 10.4 Å². The lowest BCUT2D eigenvalue weighted by molar-refractivity contribution is 0.0529. The van der Waals surface area contributed by atoms with Crippen LogP contribution in [0.3, 0.4) is 0 Å². The van der Waals surface area contributed by atoms with Gasteiger partial charge in [-0.3, -0.25) is 10.2 Å². The Bertz CT molecular complexity index is 930. The van der Waals surface area contributed by atoms with E-state index in [9.17, 15) is 4.79 Å². The summed E-state index contributed by atoms with van der Waals surface area (Å²) < 4.78 is 5.89. The molecule has 2 N–H and O–H groups in total. The highest BCUT2D eigenvalue weighted by Crippen LogP contribution is 2.26. The first-order valence-electron chi connectivity index (χ1n) is 8.72. The highest BCUT2D eigenvalue weighted by molar-refractivity contribution is 7.14. The smallest absolute Gasteiger partial charge is 0.257 e. The van der Waals surface area contributed by atoms with Crippen LogP contribution in [0.25, 0.3) is 0 Å². The number of carbonyl (C=O) groups excluding carboxylic acids is 1. The fraction of sp³-hybridized carbons (Fsp3) is 0.250. The van der Waals surface area contributed by atoms with Crippen molar-refractivity contribution in [2.75, 3.05) is 18.5 Å². The molecule has 2 aromatic heterocycles. The number of terminal acetylenes is 1. The molecule has 3 heterocycles. The quantitative estimate of drug-likeness (QED) is 0.433. The van der Waals surface area contributed by atoms with Gasteiger partial charge in [0.25, 0.3) is 5.91 Å². The minimum absolute atomic E-state index is 0.0872. The van der Waals surface area contributed by atoms with Crippen LogP contribution in [0, 0.1) is 29.6 Å². The normalized spacial score (nSPS) is 15.6. The summed E-state index contributed by atoms with van der Waals surface area (Å²) in [4.78, 5) is 18.8. The molecule has 1 aliphatic rings. The molecule has 0 radical (unpaired) electrons. The maximum Gasteiger partial charge on any atom is 0.257 e. The van der Waals surface area contributed by atoms with Gasteiger partial charge in [0, 0.05) is 25.0 Å². The second-order valence-electron chi connectivity index (χ2n) is 5.85. The van der Waals surface area contributed by atoms with E-state index in [0.717, 1.165) is 19.1 Å². The number of ether oxygens (including phenoxy) is 1. The number of aromatic nitrogens is 1. The highest BCUT2D eigenvalue weighted by Gasteiger charge is 2.27. The largest absolute Gasteiger partial charge is 0.472 e. The van der Waals surface area contributed by atoms with Gasteiger partial charge in [-0.25, -0.2) is 4.98 Å². The SMILES string of the molecule is C#C.N#Cc1ccnc(O[C@@H]2CCCN(C(=O)c3ccsc3N/N=C\C=N)C2)c1. The summed E-state index contributed by atoms with van der Waals surface area (Å²) >= 11 is 1.38. The Morgan fingerprint density at radius 2 is 2.34 bits per heavy atom. The van der Waals surface area contributed by atoms with Crippen LogP contribution in [-0.4, -0.2) is 47.4 Å². The Morgan fingerprint density at radius 1 is 1.52 bits per heavy atom. The molecular formula is C20H20N6O2S. The summed E-state index contributed by atoms with van der Waals surface area (Å²) in [5, 5.41) is 22.3. The number of amides is 1. The van der Waals surface area contributed by atoms with Gasteiger partial charge in [-0.15, -0.1) is 24.2 Å². The van der Waals surface area contributed by atoms with Crippen molar-refractivity contribution in [3.8, 4) is 24.8 Å². The molecule has 0 spiro atoms. The van der Waals surface area contributed by atoms with Crippen molar-refractivity contribution >= 4 is 34.7 Å². The van der Waals surface area contributed by atoms with Gasteiger partial charge < -0.3 is 15.0 Å². The van der Waals surface area contributed by atoms with E-state index >= 15 is 0 Å². The number of likely N-dealkylation sites (tertiary alicyclic amines) is 1. The zero-order valence-electron chi connectivity index (χ0n) is 15.6. The Hall–Kier alpha value is -3.69. The van der Waals surface area contributed by atoms with Crippen LogP contribution in [-0.2, 0) is 0 Å². The minimum atomic E-state index is -0.171. The minimum Gasteiger partial charge on any atom is -0.472 e. The molecular weight excluding hydrogens is 388 g/mol. The van der Waals surface area contributed by atoms with Gasteiger partial charge >= 0.3 is 0 Å². The topological polar surface area (TPSA) is 114 Å². The van der Waals surface area contributed by atoms with Crippen molar-refractivity contribution in [2.45, 2.75) is 18.9 Å². The van der Waals surface area contributed by atoms with Crippen molar-refractivity contribution in [3.05, 3.63) is 40.9 Å². The lowest BCUT2D eigenvalue weighted by Gasteiger charge is -2.32. The van der Waals surface area contributed by atoms with Crippen molar-refractivity contribution in [3.63, 3.8) is 0 Å². The second-order valence-corrected chi connectivity index (χ2v) is 6.76. The zero-order valence-corrected chi connectivity index (χ0v) is 16.4. The standard InChI is InChI=1S/C18H18N6O2S.C2H2/c19-5-7-22-23-17-15(4-9-27-17)18(25)24-8-1-2-14(12-24)26-16-10-13(11-20)3-6-21-16;1-2/h3-7,9-10,14,19,23H,1-2,8,12H2;1-2H/b19-5?,22-7-;/t14-;/m1./s1. The van der Waals surface area contributed by atoms with E-state index in [1.165, 1.54) is 23.7 Å². The fourth-order valence-corrected chi connectivity index (χ4v) is 3.53. The molecule has 0 aromatic carbocycles. The van der Waals surface area contributed by atoms with E-state index in [1.807, 2.05) is 5.38 Å². The monoisotopic (exact) mass is 408 g/mol. The van der Waals surface area contributed by atoms with Gasteiger partial charge in [0.2, 0.25) is 5.88 Å². The van der Waals surface area contributed by atoms with E-state index in [2.05, 4.69) is 34.4 Å². The van der Waals surface area contributed by atoms with Crippen LogP contribution in [0.15, 0.2) is 34.9 Å². The van der Waals surface area contributed by atoms with Crippen LogP contribution in [0.5, 0.6) is 5.88 Å². The van der Waals surface area contributed by atoms with Crippen LogP contribution in [0.1, 0.15) is 28.8 Å². The second kappa shape index (κ2) is 11.2. The Labute approximate surface area is 173 Å². The van der Waals surface area contributed by atoms with Crippen LogP contribution in [0.4, 0.5) is 5.00 Å². The number of nitrogens with one attached hydrogen (secondary N) is 2. The van der Waals surface area contributed by atoms with Crippen molar-refractivity contribution < 1.29 is 9.53 Å². The van der Waals surface area contributed by atoms with Gasteiger partial charge in [0.1, 0.15) is 11.1 Å². The molecule has 0 unspecified atom stereocenters. The van der Waals surface area contributed by atoms with E-state index in [0.29, 0.717) is 35.1 Å². The van der Waals surface area contributed by atoms with Gasteiger partial charge in [0.05, 0.1) is 30.0 Å². The molecule has 1 atom stereocenters. The zero-order chi connectivity index (χ0) is 21.1. The molecule has 1 fully saturated rings. The van der Waals surface area contributed by atoms with E-state index < -0.39 is 0 Å². The molecule has 9 heteroatoms. The summed E-state index contributed by atoms with van der Waals surface area (Å²) in [7, 11) is 0. The van der Waals surface area contributed by atoms with Crippen LogP contribution < -0.4 is 10.2 Å². The molecule has 1 aliphatic heterocycles. The third-order valence-electron chi connectivity index (χ3n) is 4.03. The highest BCUT2D eigenvalue weighted by atomic mass is 32.1. The predicted octanol–water partition coefficient (Wildman–Crippen LogP) is 3.00. The van der Waals surface area contributed by atoms with Gasteiger partial charge in [0.15, 0.2) is 0 Å². The lowest BCUT2D eigenvalue weighted by Crippen LogP contribution is -2.44. The summed E-state index contributed by atoms with van der Waals surface area (Å²) in [6.07, 6.45) is 13.4. The molecule has 1 saturated heterocycles. The van der Waals surface area contributed by atoms with E-state index in [4.69, 9.17) is 15.4 Å². The first-order chi connectivity index (χ1) is 14.2. The van der Waals surface area contributed by atoms with E-state index in [-0.39, 0.29) is 12.0 Å². The Morgan fingerprint density at radius 3 is 3.10 bits per heavy atom. The molecule has 0 bridgehead atoms. The van der Waals surface area contributed by atoms with Crippen LogP contribution >= 0.6 is 11.3 Å². The van der Waals surface area contributed by atoms with Gasteiger partial charge in [-0.05, 0) is 30.4 Å². The number of hydrogen-bond acceptors (Lipinski definition) is 8. The predicted molar refractivity (Wildman–Crippen MR) is 114 cm³/mol. The first kappa shape index (κ1) is 21.6. The van der Waals surface area contributed by atoms with Gasteiger partial charge in [-0.1, -0.05) is 0 Å². The van der Waals surface area contributed by atoms with Crippen molar-refractivity contribution in [1.29, 1.82) is 10.7 Å². The molecule has 148 valence electrons. The number of nitriles is 1. The summed E-state index contributed by atoms with van der Waals surface area (Å²) in [5.41, 5.74) is 3.83. The average Bonchev–Trinajstić information content (AvgIpc) is 3.23. The molecule has 1 amide bonds. The number of thiophene rings is 1. The Kier molecular flexibility index (Phi) is 8.36. The molecule has 0 aliphatic carbocycles. The van der Waals surface area contributed by atoms with Crippen molar-refractivity contribution in [2.24, 2.45) is 5.10 Å². The number of hydrazone groups is 1. The Balaban J connectivity index is 0.00000145. The molecule has 29 heavy (non-hydrogen) atoms. The maximum absolute atomic E-state index is 12.9. The van der Waals surface area contributed by atoms with Crippen LogP contribution in [0.2, 0.25) is 0 Å². The third kappa shape index (κ3) is 5.89. The number of rotatable bonds is 6. The number of pyridine rings is 1. The summed E-state index contributed by atoms with van der Waals surface area (Å²) in [6.45, 7) is 1.11. The molecule has 0 saturated carbocycles. The summed E-state index contributed by atoms with van der Waals surface area (Å²) in [5.74, 6) is 0.308. The molecule has 2 aromatic rings. The average molecular weight is 408 g/mol. The number of carbonyl (C=O) groups is 1. The maximum atomic E-state index is 12.9. The number of nitrogens with zero attached hydrogens (tertiary/aromatic N) is 4. The van der Waals surface area contributed by atoms with Crippen molar-refractivity contribution in [1.82, 2.24) is 9.88 Å². The summed E-state index contributed by atoms with van der Waals surface area (Å²) in [6, 6.07) is 7.04. The van der Waals surface area contributed by atoms with E-state index in [1.54, 1.807) is 23.1 Å². The number of piperidine rings is 1. The number of hydrogen-bond donors (Lipinski definition) is 2. The fourth-order valence-electron chi connectivity index (χ4n) is 2.80.